The molecule has 0 saturated heterocycles. The molecule has 1 N–H and O–H groups in total. The van der Waals surface area contributed by atoms with Crippen LogP contribution >= 0.6 is 0 Å². The molecule has 1 aliphatic rings. The lowest BCUT2D eigenvalue weighted by Crippen LogP contribution is -2.44. The first-order chi connectivity index (χ1) is 14.8. The van der Waals surface area contributed by atoms with Gasteiger partial charge in [0, 0.05) is 18.9 Å². The van der Waals surface area contributed by atoms with Crippen LogP contribution in [0.5, 0.6) is 11.8 Å². The fraction of sp³-hybridized carbons (Fsp3) is 0.435. The van der Waals surface area contributed by atoms with E-state index in [1.54, 1.807) is 0 Å². The number of carbonyl (C=O) groups excluding carboxylic acids is 2. The fourth-order valence-electron chi connectivity index (χ4n) is 4.06. The molecule has 0 atom stereocenters. The van der Waals surface area contributed by atoms with Crippen LogP contribution in [-0.4, -0.2) is 30.4 Å². The molecule has 0 radical (unpaired) electrons. The van der Waals surface area contributed by atoms with Crippen molar-refractivity contribution in [1.82, 2.24) is 4.98 Å². The van der Waals surface area contributed by atoms with Crippen molar-refractivity contribution in [1.29, 1.82) is 0 Å². The third kappa shape index (κ3) is 4.84. The largest absolute Gasteiger partial charge is 0.481 e. The van der Waals surface area contributed by atoms with Gasteiger partial charge in [-0.2, -0.15) is 13.8 Å². The summed E-state index contributed by atoms with van der Waals surface area (Å²) in [4.78, 5) is 29.5. The molecule has 31 heavy (non-hydrogen) atoms. The summed E-state index contributed by atoms with van der Waals surface area (Å²) in [6, 6.07) is 10.5. The highest BCUT2D eigenvalue weighted by Crippen LogP contribution is 2.43. The Morgan fingerprint density at radius 3 is 2.42 bits per heavy atom. The molecule has 166 valence electrons. The Bertz CT molecular complexity index is 952. The zero-order valence-corrected chi connectivity index (χ0v) is 17.8. The van der Waals surface area contributed by atoms with E-state index < -0.39 is 17.9 Å². The van der Waals surface area contributed by atoms with E-state index >= 15 is 0 Å². The number of nitrogens with zero attached hydrogens (tertiary/aromatic N) is 1. The van der Waals surface area contributed by atoms with E-state index in [2.05, 4.69) is 15.0 Å². The molecule has 1 aromatic carbocycles. The smallest absolute Gasteiger partial charge is 0.388 e. The minimum Gasteiger partial charge on any atom is -0.481 e. The van der Waals surface area contributed by atoms with E-state index in [0.717, 1.165) is 11.1 Å². The van der Waals surface area contributed by atoms with Crippen LogP contribution in [0.3, 0.4) is 0 Å². The van der Waals surface area contributed by atoms with Gasteiger partial charge in [-0.05, 0) is 36.0 Å². The number of ketones is 1. The average molecular weight is 432 g/mol. The number of nitrogens with one attached hydrogen (secondary N) is 1. The van der Waals surface area contributed by atoms with Crippen LogP contribution in [0.1, 0.15) is 56.6 Å². The van der Waals surface area contributed by atoms with Gasteiger partial charge in [-0.1, -0.05) is 38.1 Å². The minimum atomic E-state index is -3.11. The highest BCUT2D eigenvalue weighted by atomic mass is 19.3. The van der Waals surface area contributed by atoms with Gasteiger partial charge in [-0.15, -0.1) is 0 Å². The molecule has 1 aliphatic carbocycles. The molecule has 0 bridgehead atoms. The molecule has 1 amide bonds. The Hall–Kier alpha value is -3.03. The third-order valence-electron chi connectivity index (χ3n) is 5.69. The molecule has 6 nitrogen and oxygen atoms in total. The number of hydrogen-bond donors (Lipinski definition) is 1. The predicted octanol–water partition coefficient (Wildman–Crippen LogP) is 4.83. The molecule has 1 aromatic heterocycles. The van der Waals surface area contributed by atoms with Gasteiger partial charge in [0.05, 0.1) is 12.5 Å². The SMILES string of the molecule is COc1ccc(NC(=O)C2(c3ccccc3C(C)C)CCC(=O)CC2)c(OC(F)F)n1. The van der Waals surface area contributed by atoms with Gasteiger partial charge in [-0.25, -0.2) is 0 Å². The summed E-state index contributed by atoms with van der Waals surface area (Å²) in [6.07, 6.45) is 1.24. The lowest BCUT2D eigenvalue weighted by atomic mass is 9.66. The molecule has 2 aromatic rings. The summed E-state index contributed by atoms with van der Waals surface area (Å²) in [5.41, 5.74) is 0.928. The summed E-state index contributed by atoms with van der Waals surface area (Å²) in [7, 11) is 1.35. The first-order valence-electron chi connectivity index (χ1n) is 10.2. The lowest BCUT2D eigenvalue weighted by molar-refractivity contribution is -0.127. The van der Waals surface area contributed by atoms with Crippen LogP contribution < -0.4 is 14.8 Å². The molecule has 8 heteroatoms. The maximum absolute atomic E-state index is 13.6. The first-order valence-corrected chi connectivity index (χ1v) is 10.2. The van der Waals surface area contributed by atoms with E-state index in [4.69, 9.17) is 4.74 Å². The van der Waals surface area contributed by atoms with Crippen LogP contribution in [0.15, 0.2) is 36.4 Å². The van der Waals surface area contributed by atoms with Crippen molar-refractivity contribution in [3.63, 3.8) is 0 Å². The highest BCUT2D eigenvalue weighted by Gasteiger charge is 2.44. The zero-order valence-electron chi connectivity index (χ0n) is 17.8. The second kappa shape index (κ2) is 9.41. The molecule has 0 aliphatic heterocycles. The summed E-state index contributed by atoms with van der Waals surface area (Å²) in [6.45, 7) is 0.971. The number of Topliss-reactive ketones (excluding diaryl/α,β-unsaturated/α-hetero) is 1. The topological polar surface area (TPSA) is 77.5 Å². The van der Waals surface area contributed by atoms with Gasteiger partial charge >= 0.3 is 6.61 Å². The predicted molar refractivity (Wildman–Crippen MR) is 112 cm³/mol. The van der Waals surface area contributed by atoms with E-state index in [1.165, 1.54) is 19.2 Å². The Balaban J connectivity index is 2.03. The van der Waals surface area contributed by atoms with Crippen molar-refractivity contribution >= 4 is 17.4 Å². The first kappa shape index (κ1) is 22.7. The number of benzene rings is 1. The maximum atomic E-state index is 13.6. The van der Waals surface area contributed by atoms with Crippen molar-refractivity contribution in [2.24, 2.45) is 0 Å². The van der Waals surface area contributed by atoms with Crippen LogP contribution in [0, 0.1) is 0 Å². The summed E-state index contributed by atoms with van der Waals surface area (Å²) in [5.74, 6) is -0.449. The van der Waals surface area contributed by atoms with E-state index in [0.29, 0.717) is 12.8 Å². The van der Waals surface area contributed by atoms with Crippen molar-refractivity contribution in [3.05, 3.63) is 47.5 Å². The normalized spacial score (nSPS) is 15.8. The fourth-order valence-corrected chi connectivity index (χ4v) is 4.06. The van der Waals surface area contributed by atoms with E-state index in [9.17, 15) is 18.4 Å². The number of carbonyl (C=O) groups is 2. The number of alkyl halides is 2. The van der Waals surface area contributed by atoms with Crippen molar-refractivity contribution in [2.75, 3.05) is 12.4 Å². The second-order valence-electron chi connectivity index (χ2n) is 7.90. The summed E-state index contributed by atoms with van der Waals surface area (Å²) >= 11 is 0. The van der Waals surface area contributed by atoms with Gasteiger partial charge in [0.25, 0.3) is 0 Å². The molecule has 3 rings (SSSR count). The van der Waals surface area contributed by atoms with E-state index in [1.807, 2.05) is 38.1 Å². The van der Waals surface area contributed by atoms with Gasteiger partial charge in [0.1, 0.15) is 11.5 Å². The van der Waals surface area contributed by atoms with Crippen molar-refractivity contribution in [2.45, 2.75) is 57.5 Å². The van der Waals surface area contributed by atoms with Crippen LogP contribution in [0.2, 0.25) is 0 Å². The third-order valence-corrected chi connectivity index (χ3v) is 5.69. The van der Waals surface area contributed by atoms with Gasteiger partial charge in [-0.3, -0.25) is 9.59 Å². The standard InChI is InChI=1S/C23H26F2N2O4/c1-14(2)16-6-4-5-7-17(16)23(12-10-15(28)11-13-23)21(29)26-18-8-9-19(30-3)27-20(18)31-22(24)25/h4-9,14,22H,10-13H2,1-3H3,(H,26,29). The number of halogens is 2. The van der Waals surface area contributed by atoms with Crippen molar-refractivity contribution < 1.29 is 27.8 Å². The summed E-state index contributed by atoms with van der Waals surface area (Å²) < 4.78 is 35.3. The number of ether oxygens (including phenoxy) is 2. The number of hydrogen-bond acceptors (Lipinski definition) is 5. The molecule has 0 unspecified atom stereocenters. The van der Waals surface area contributed by atoms with Crippen LogP contribution in [0.4, 0.5) is 14.5 Å². The zero-order chi connectivity index (χ0) is 22.6. The molecule has 1 saturated carbocycles. The maximum Gasteiger partial charge on any atom is 0.388 e. The average Bonchev–Trinajstić information content (AvgIpc) is 2.75. The molecule has 1 fully saturated rings. The van der Waals surface area contributed by atoms with Gasteiger partial charge in [0.2, 0.25) is 17.7 Å². The monoisotopic (exact) mass is 432 g/mol. The minimum absolute atomic E-state index is 0.0180. The number of anilines is 1. The van der Waals surface area contributed by atoms with Gasteiger partial charge in [0.15, 0.2) is 0 Å². The number of rotatable bonds is 7. The Morgan fingerprint density at radius 2 is 1.81 bits per heavy atom. The molecule has 0 spiro atoms. The molecular formula is C23H26F2N2O4. The number of amides is 1. The lowest BCUT2D eigenvalue weighted by Gasteiger charge is -2.38. The Kier molecular flexibility index (Phi) is 6.87. The number of pyridine rings is 1. The highest BCUT2D eigenvalue weighted by molar-refractivity contribution is 6.01. The van der Waals surface area contributed by atoms with E-state index in [-0.39, 0.29) is 42.0 Å². The molecule has 1 heterocycles. The van der Waals surface area contributed by atoms with Crippen molar-refractivity contribution in [3.8, 4) is 11.8 Å². The van der Waals surface area contributed by atoms with Gasteiger partial charge < -0.3 is 14.8 Å². The molecular weight excluding hydrogens is 406 g/mol. The second-order valence-corrected chi connectivity index (χ2v) is 7.90. The quantitative estimate of drug-likeness (QED) is 0.678. The Labute approximate surface area is 180 Å². The number of methoxy groups -OCH3 is 1. The number of aromatic nitrogens is 1. The Morgan fingerprint density at radius 1 is 1.13 bits per heavy atom. The van der Waals surface area contributed by atoms with Crippen LogP contribution in [-0.2, 0) is 15.0 Å². The van der Waals surface area contributed by atoms with Crippen LogP contribution in [0.25, 0.3) is 0 Å². The summed E-state index contributed by atoms with van der Waals surface area (Å²) in [5, 5.41) is 2.73.